The Labute approximate surface area is 152 Å². The number of hydrogen-bond acceptors (Lipinski definition) is 3. The van der Waals surface area contributed by atoms with Crippen LogP contribution in [0.25, 0.3) is 11.4 Å². The molecule has 0 aliphatic heterocycles. The first kappa shape index (κ1) is 19.4. The van der Waals surface area contributed by atoms with Gasteiger partial charge in [0.1, 0.15) is 0 Å². The molecule has 0 saturated heterocycles. The van der Waals surface area contributed by atoms with Gasteiger partial charge in [-0.3, -0.25) is 0 Å². The number of rotatable bonds is 12. The molecular weight excluding hydrogens is 308 g/mol. The van der Waals surface area contributed by atoms with Gasteiger partial charge < -0.3 is 4.74 Å². The quantitative estimate of drug-likeness (QED) is 0.430. The summed E-state index contributed by atoms with van der Waals surface area (Å²) in [5, 5.41) is 0. The Morgan fingerprint density at radius 1 is 0.760 bits per heavy atom. The molecule has 136 valence electrons. The number of aryl methyl sites for hydroxylation is 1. The largest absolute Gasteiger partial charge is 0.490 e. The summed E-state index contributed by atoms with van der Waals surface area (Å²) in [7, 11) is 0. The minimum absolute atomic E-state index is 0.749. The summed E-state index contributed by atoms with van der Waals surface area (Å²) in [6, 6.07) is 8.61. The van der Waals surface area contributed by atoms with E-state index in [2.05, 4.69) is 48.1 Å². The molecule has 1 heterocycles. The molecule has 0 atom stereocenters. The average molecular weight is 341 g/mol. The maximum absolute atomic E-state index is 5.73. The minimum Gasteiger partial charge on any atom is -0.490 e. The lowest BCUT2D eigenvalue weighted by Gasteiger charge is -2.07. The van der Waals surface area contributed by atoms with Crippen LogP contribution in [0.3, 0.4) is 0 Å². The summed E-state index contributed by atoms with van der Waals surface area (Å²) < 4.78 is 5.73. The van der Waals surface area contributed by atoms with Crippen LogP contribution in [0.15, 0.2) is 36.7 Å². The Balaban J connectivity index is 1.79. The number of unbranched alkanes of at least 4 members (excludes halogenated alkanes) is 6. The van der Waals surface area contributed by atoms with Gasteiger partial charge in [0.25, 0.3) is 0 Å². The van der Waals surface area contributed by atoms with E-state index in [0.29, 0.717) is 0 Å². The number of benzene rings is 1. The predicted octanol–water partition coefficient (Wildman–Crippen LogP) is 6.23. The fourth-order valence-electron chi connectivity index (χ4n) is 2.84. The van der Waals surface area contributed by atoms with Crippen molar-refractivity contribution in [1.29, 1.82) is 0 Å². The smallest absolute Gasteiger partial charge is 0.159 e. The van der Waals surface area contributed by atoms with E-state index >= 15 is 0 Å². The zero-order chi connectivity index (χ0) is 17.7. The Bertz CT molecular complexity index is 578. The molecule has 3 nitrogen and oxygen atoms in total. The zero-order valence-electron chi connectivity index (χ0n) is 15.8. The highest BCUT2D eigenvalue weighted by atomic mass is 16.5. The van der Waals surface area contributed by atoms with Crippen molar-refractivity contribution in [2.24, 2.45) is 0 Å². The average Bonchev–Trinajstić information content (AvgIpc) is 2.66. The summed E-state index contributed by atoms with van der Waals surface area (Å²) in [5.74, 6) is 1.52. The summed E-state index contributed by atoms with van der Waals surface area (Å²) >= 11 is 0. The molecular formula is C22H32N2O. The second-order valence-corrected chi connectivity index (χ2v) is 6.66. The van der Waals surface area contributed by atoms with E-state index in [1.165, 1.54) is 50.5 Å². The topological polar surface area (TPSA) is 35.0 Å². The first-order valence-electron chi connectivity index (χ1n) is 9.87. The van der Waals surface area contributed by atoms with Gasteiger partial charge in [0, 0.05) is 5.56 Å². The van der Waals surface area contributed by atoms with Gasteiger partial charge in [-0.2, -0.15) is 0 Å². The molecule has 3 heteroatoms. The van der Waals surface area contributed by atoms with Crippen LogP contribution in [-0.2, 0) is 6.42 Å². The summed E-state index contributed by atoms with van der Waals surface area (Å²) in [6.07, 6.45) is 14.8. The van der Waals surface area contributed by atoms with E-state index in [1.54, 1.807) is 12.4 Å². The molecule has 1 aromatic carbocycles. The molecule has 0 N–H and O–H groups in total. The molecule has 2 rings (SSSR count). The SMILES string of the molecule is CCCCCCCOc1cnc(-c2ccc(CCCCC)cc2)nc1. The van der Waals surface area contributed by atoms with E-state index in [4.69, 9.17) is 4.74 Å². The fourth-order valence-corrected chi connectivity index (χ4v) is 2.84. The number of ether oxygens (including phenoxy) is 1. The molecule has 0 aliphatic carbocycles. The number of nitrogens with zero attached hydrogens (tertiary/aromatic N) is 2. The lowest BCUT2D eigenvalue weighted by atomic mass is 10.1. The van der Waals surface area contributed by atoms with Crippen LogP contribution in [0.5, 0.6) is 5.75 Å². The Morgan fingerprint density at radius 2 is 1.40 bits per heavy atom. The van der Waals surface area contributed by atoms with Crippen LogP contribution >= 0.6 is 0 Å². The van der Waals surface area contributed by atoms with Gasteiger partial charge in [-0.05, 0) is 24.8 Å². The van der Waals surface area contributed by atoms with Crippen LogP contribution < -0.4 is 4.74 Å². The third kappa shape index (κ3) is 7.25. The van der Waals surface area contributed by atoms with E-state index in [0.717, 1.165) is 36.6 Å². The van der Waals surface area contributed by atoms with E-state index < -0.39 is 0 Å². The molecule has 0 fully saturated rings. The Kier molecular flexibility index (Phi) is 9.03. The van der Waals surface area contributed by atoms with Crippen molar-refractivity contribution in [3.05, 3.63) is 42.2 Å². The van der Waals surface area contributed by atoms with Crippen LogP contribution in [0.1, 0.15) is 70.8 Å². The van der Waals surface area contributed by atoms with Gasteiger partial charge in [0.2, 0.25) is 0 Å². The van der Waals surface area contributed by atoms with Crippen molar-refractivity contribution in [3.63, 3.8) is 0 Å². The second kappa shape index (κ2) is 11.6. The van der Waals surface area contributed by atoms with Gasteiger partial charge in [-0.1, -0.05) is 76.6 Å². The van der Waals surface area contributed by atoms with Crippen LogP contribution in [-0.4, -0.2) is 16.6 Å². The standard InChI is InChI=1S/C22H32N2O/c1-3-5-7-8-10-16-25-21-17-23-22(24-18-21)20-14-12-19(13-15-20)11-9-6-4-2/h12-15,17-18H,3-11,16H2,1-2H3. The molecule has 0 amide bonds. The monoisotopic (exact) mass is 340 g/mol. The summed E-state index contributed by atoms with van der Waals surface area (Å²) in [5.41, 5.74) is 2.45. The molecule has 0 spiro atoms. The molecule has 0 radical (unpaired) electrons. The third-order valence-electron chi connectivity index (χ3n) is 4.43. The summed E-state index contributed by atoms with van der Waals surface area (Å²) in [4.78, 5) is 8.89. The molecule has 0 bridgehead atoms. The highest BCUT2D eigenvalue weighted by Crippen LogP contribution is 2.18. The van der Waals surface area contributed by atoms with Crippen molar-refractivity contribution >= 4 is 0 Å². The van der Waals surface area contributed by atoms with Gasteiger partial charge in [0.05, 0.1) is 19.0 Å². The van der Waals surface area contributed by atoms with Crippen molar-refractivity contribution in [2.75, 3.05) is 6.61 Å². The molecule has 0 unspecified atom stereocenters. The Morgan fingerprint density at radius 3 is 2.08 bits per heavy atom. The van der Waals surface area contributed by atoms with Gasteiger partial charge >= 0.3 is 0 Å². The van der Waals surface area contributed by atoms with Crippen LogP contribution in [0.4, 0.5) is 0 Å². The van der Waals surface area contributed by atoms with Gasteiger partial charge in [0.15, 0.2) is 11.6 Å². The zero-order valence-corrected chi connectivity index (χ0v) is 15.8. The van der Waals surface area contributed by atoms with E-state index in [9.17, 15) is 0 Å². The lowest BCUT2D eigenvalue weighted by Crippen LogP contribution is -1.99. The lowest BCUT2D eigenvalue weighted by molar-refractivity contribution is 0.302. The highest BCUT2D eigenvalue weighted by molar-refractivity contribution is 5.55. The molecule has 2 aromatic rings. The van der Waals surface area contributed by atoms with Crippen LogP contribution in [0, 0.1) is 0 Å². The maximum atomic E-state index is 5.73. The van der Waals surface area contributed by atoms with Crippen molar-refractivity contribution in [2.45, 2.75) is 71.6 Å². The highest BCUT2D eigenvalue weighted by Gasteiger charge is 2.03. The maximum Gasteiger partial charge on any atom is 0.159 e. The number of aromatic nitrogens is 2. The fraction of sp³-hybridized carbons (Fsp3) is 0.545. The second-order valence-electron chi connectivity index (χ2n) is 6.66. The van der Waals surface area contributed by atoms with Crippen LogP contribution in [0.2, 0.25) is 0 Å². The van der Waals surface area contributed by atoms with Crippen molar-refractivity contribution in [3.8, 4) is 17.1 Å². The normalized spacial score (nSPS) is 10.8. The van der Waals surface area contributed by atoms with Gasteiger partial charge in [-0.15, -0.1) is 0 Å². The van der Waals surface area contributed by atoms with Gasteiger partial charge in [-0.25, -0.2) is 9.97 Å². The molecule has 0 aliphatic rings. The summed E-state index contributed by atoms with van der Waals surface area (Å²) in [6.45, 7) is 5.22. The third-order valence-corrected chi connectivity index (χ3v) is 4.43. The predicted molar refractivity (Wildman–Crippen MR) is 105 cm³/mol. The Hall–Kier alpha value is -1.90. The molecule has 0 saturated carbocycles. The van der Waals surface area contributed by atoms with E-state index in [1.807, 2.05) is 0 Å². The van der Waals surface area contributed by atoms with Crippen molar-refractivity contribution in [1.82, 2.24) is 9.97 Å². The molecule has 1 aromatic heterocycles. The van der Waals surface area contributed by atoms with E-state index in [-0.39, 0.29) is 0 Å². The minimum atomic E-state index is 0.749. The molecule has 25 heavy (non-hydrogen) atoms. The first-order chi connectivity index (χ1) is 12.3. The van der Waals surface area contributed by atoms with Crippen molar-refractivity contribution < 1.29 is 4.74 Å². The number of hydrogen-bond donors (Lipinski definition) is 0. The first-order valence-corrected chi connectivity index (χ1v) is 9.87.